The van der Waals surface area contributed by atoms with Gasteiger partial charge in [-0.15, -0.1) is 0 Å². The fourth-order valence-electron chi connectivity index (χ4n) is 4.08. The van der Waals surface area contributed by atoms with Crippen LogP contribution < -0.4 is 15.4 Å². The average Bonchev–Trinajstić information content (AvgIpc) is 2.73. The number of ether oxygens (including phenoxy) is 1. The maximum Gasteiger partial charge on any atom is 0.229 e. The number of anilines is 1. The summed E-state index contributed by atoms with van der Waals surface area (Å²) < 4.78 is 5.18. The lowest BCUT2D eigenvalue weighted by atomic mass is 9.72. The van der Waals surface area contributed by atoms with Gasteiger partial charge in [0.05, 0.1) is 18.9 Å². The van der Waals surface area contributed by atoms with Crippen LogP contribution in [0.5, 0.6) is 5.75 Å². The molecule has 2 N–H and O–H groups in total. The maximum atomic E-state index is 13.0. The van der Waals surface area contributed by atoms with Gasteiger partial charge in [0.15, 0.2) is 0 Å². The Kier molecular flexibility index (Phi) is 5.16. The second kappa shape index (κ2) is 7.91. The minimum Gasteiger partial charge on any atom is -0.497 e. The van der Waals surface area contributed by atoms with Crippen molar-refractivity contribution < 1.29 is 19.1 Å². The van der Waals surface area contributed by atoms with Crippen molar-refractivity contribution in [3.63, 3.8) is 0 Å². The van der Waals surface area contributed by atoms with Crippen LogP contribution in [0, 0.1) is 11.8 Å². The van der Waals surface area contributed by atoms with E-state index >= 15 is 0 Å². The number of fused-ring (bicyclic) bond motifs is 1. The summed E-state index contributed by atoms with van der Waals surface area (Å²) in [6.07, 6.45) is 2.22. The van der Waals surface area contributed by atoms with Crippen molar-refractivity contribution >= 4 is 23.3 Å². The lowest BCUT2D eigenvalue weighted by Gasteiger charge is -2.36. The van der Waals surface area contributed by atoms with E-state index in [0.29, 0.717) is 23.6 Å². The van der Waals surface area contributed by atoms with Crippen LogP contribution in [0.2, 0.25) is 0 Å². The van der Waals surface area contributed by atoms with Gasteiger partial charge in [-0.2, -0.15) is 0 Å². The zero-order valence-electron chi connectivity index (χ0n) is 16.1. The Morgan fingerprint density at radius 2 is 1.86 bits per heavy atom. The van der Waals surface area contributed by atoms with Crippen LogP contribution in [0.25, 0.3) is 0 Å². The molecule has 6 heteroatoms. The Morgan fingerprint density at radius 1 is 1.07 bits per heavy atom. The molecule has 0 saturated carbocycles. The molecule has 29 heavy (non-hydrogen) atoms. The van der Waals surface area contributed by atoms with E-state index in [-0.39, 0.29) is 29.9 Å². The normalized spacial score (nSPS) is 23.5. The van der Waals surface area contributed by atoms with Crippen molar-refractivity contribution in [3.8, 4) is 5.75 Å². The molecule has 1 heterocycles. The molecule has 0 bridgehead atoms. The van der Waals surface area contributed by atoms with Gasteiger partial charge in [0.1, 0.15) is 11.5 Å². The monoisotopic (exact) mass is 390 g/mol. The van der Waals surface area contributed by atoms with E-state index in [1.165, 1.54) is 0 Å². The molecule has 2 aliphatic rings. The zero-order chi connectivity index (χ0) is 20.4. The van der Waals surface area contributed by atoms with Gasteiger partial charge in [-0.05, 0) is 17.7 Å². The fraction of sp³-hybridized carbons (Fsp3) is 0.261. The number of allylic oxidation sites excluding steroid dienone is 2. The van der Waals surface area contributed by atoms with Crippen molar-refractivity contribution in [2.45, 2.75) is 18.8 Å². The van der Waals surface area contributed by atoms with Gasteiger partial charge >= 0.3 is 0 Å². The highest BCUT2D eigenvalue weighted by Crippen LogP contribution is 2.38. The molecule has 1 aliphatic carbocycles. The van der Waals surface area contributed by atoms with Crippen LogP contribution in [-0.4, -0.2) is 24.7 Å². The van der Waals surface area contributed by atoms with Gasteiger partial charge in [0, 0.05) is 36.2 Å². The minimum atomic E-state index is -0.731. The van der Waals surface area contributed by atoms with E-state index in [0.717, 1.165) is 5.56 Å². The number of methoxy groups -OCH3 is 1. The molecule has 1 saturated heterocycles. The van der Waals surface area contributed by atoms with Crippen molar-refractivity contribution in [1.82, 2.24) is 5.32 Å². The summed E-state index contributed by atoms with van der Waals surface area (Å²) in [5, 5.41) is 5.64. The molecule has 3 atom stereocenters. The van der Waals surface area contributed by atoms with Gasteiger partial charge in [-0.1, -0.05) is 42.5 Å². The number of Topliss-reactive ketones (excluding diaryl/α,β-unsaturated/α-hetero) is 1. The first kappa shape index (κ1) is 18.9. The highest BCUT2D eigenvalue weighted by Gasteiger charge is 2.44. The van der Waals surface area contributed by atoms with Crippen LogP contribution in [0.1, 0.15) is 24.3 Å². The van der Waals surface area contributed by atoms with Crippen molar-refractivity contribution in [2.24, 2.45) is 11.8 Å². The predicted molar refractivity (Wildman–Crippen MR) is 108 cm³/mol. The Hall–Kier alpha value is -3.41. The van der Waals surface area contributed by atoms with E-state index < -0.39 is 11.8 Å². The first-order valence-corrected chi connectivity index (χ1v) is 9.59. The molecule has 0 spiro atoms. The molecule has 148 valence electrons. The fourth-order valence-corrected chi connectivity index (χ4v) is 4.08. The third-order valence-corrected chi connectivity index (χ3v) is 5.48. The lowest BCUT2D eigenvalue weighted by Crippen LogP contribution is -2.48. The molecule has 0 aromatic heterocycles. The van der Waals surface area contributed by atoms with E-state index in [4.69, 9.17) is 4.74 Å². The number of benzene rings is 2. The van der Waals surface area contributed by atoms with Crippen LogP contribution in [-0.2, 0) is 14.4 Å². The van der Waals surface area contributed by atoms with Gasteiger partial charge in [0.25, 0.3) is 0 Å². The van der Waals surface area contributed by atoms with Crippen LogP contribution in [0.4, 0.5) is 5.69 Å². The Morgan fingerprint density at radius 3 is 2.62 bits per heavy atom. The van der Waals surface area contributed by atoms with Crippen LogP contribution >= 0.6 is 0 Å². The molecule has 4 rings (SSSR count). The molecular formula is C23H22N2O4. The van der Waals surface area contributed by atoms with Gasteiger partial charge in [-0.25, -0.2) is 0 Å². The van der Waals surface area contributed by atoms with Crippen molar-refractivity contribution in [3.05, 3.63) is 71.9 Å². The highest BCUT2D eigenvalue weighted by molar-refractivity contribution is 6.02. The number of carbonyl (C=O) groups is 3. The largest absolute Gasteiger partial charge is 0.497 e. The van der Waals surface area contributed by atoms with Gasteiger partial charge < -0.3 is 15.4 Å². The van der Waals surface area contributed by atoms with Crippen molar-refractivity contribution in [1.29, 1.82) is 0 Å². The van der Waals surface area contributed by atoms with Gasteiger partial charge in [0.2, 0.25) is 11.8 Å². The number of hydrogen-bond acceptors (Lipinski definition) is 4. The molecule has 0 unspecified atom stereocenters. The lowest BCUT2D eigenvalue weighted by molar-refractivity contribution is -0.136. The molecule has 0 radical (unpaired) electrons. The average molecular weight is 390 g/mol. The quantitative estimate of drug-likeness (QED) is 0.841. The molecule has 1 aliphatic heterocycles. The van der Waals surface area contributed by atoms with E-state index in [1.807, 2.05) is 36.4 Å². The van der Waals surface area contributed by atoms with E-state index in [9.17, 15) is 14.4 Å². The Balaban J connectivity index is 1.59. The van der Waals surface area contributed by atoms with Crippen molar-refractivity contribution in [2.75, 3.05) is 12.4 Å². The molecule has 2 aromatic rings. The summed E-state index contributed by atoms with van der Waals surface area (Å²) in [5.41, 5.74) is 2.12. The second-order valence-corrected chi connectivity index (χ2v) is 7.37. The molecular weight excluding hydrogens is 368 g/mol. The number of carbonyl (C=O) groups excluding carboxylic acids is 3. The van der Waals surface area contributed by atoms with Crippen LogP contribution in [0.15, 0.2) is 66.4 Å². The maximum absolute atomic E-state index is 13.0. The van der Waals surface area contributed by atoms with Gasteiger partial charge in [-0.3, -0.25) is 14.4 Å². The minimum absolute atomic E-state index is 0.0143. The van der Waals surface area contributed by atoms with E-state index in [1.54, 1.807) is 31.4 Å². The molecule has 6 nitrogen and oxygen atoms in total. The SMILES string of the molecule is COc1cccc(NC(=O)[C@@H]2CC(=O)NC3=C[C@H](c4ccccc4)CC(=O)[C@H]32)c1. The summed E-state index contributed by atoms with van der Waals surface area (Å²) in [6.45, 7) is 0. The molecule has 2 aromatic carbocycles. The Labute approximate surface area is 168 Å². The third kappa shape index (κ3) is 3.92. The number of nitrogens with one attached hydrogen (secondary N) is 2. The molecule has 1 fully saturated rings. The van der Waals surface area contributed by atoms with Crippen LogP contribution in [0.3, 0.4) is 0 Å². The second-order valence-electron chi connectivity index (χ2n) is 7.37. The Bertz CT molecular complexity index is 983. The highest BCUT2D eigenvalue weighted by atomic mass is 16.5. The third-order valence-electron chi connectivity index (χ3n) is 5.48. The number of rotatable bonds is 4. The van der Waals surface area contributed by atoms with E-state index in [2.05, 4.69) is 10.6 Å². The number of amides is 2. The standard InChI is InChI=1S/C23H22N2O4/c1-29-17-9-5-8-16(12-17)24-23(28)18-13-21(27)25-19-10-15(11-20(26)22(18)19)14-6-3-2-4-7-14/h2-10,12,15,18,22H,11,13H2,1H3,(H,24,28)(H,25,27)/t15-,18+,22-/m0/s1. The number of ketones is 1. The summed E-state index contributed by atoms with van der Waals surface area (Å²) in [5.74, 6) is -1.46. The summed E-state index contributed by atoms with van der Waals surface area (Å²) in [4.78, 5) is 38.2. The predicted octanol–water partition coefficient (Wildman–Crippen LogP) is 3.03. The summed E-state index contributed by atoms with van der Waals surface area (Å²) in [6, 6.07) is 16.7. The zero-order valence-corrected chi connectivity index (χ0v) is 16.1. The topological polar surface area (TPSA) is 84.5 Å². The number of piperidine rings is 1. The summed E-state index contributed by atoms with van der Waals surface area (Å²) >= 11 is 0. The smallest absolute Gasteiger partial charge is 0.229 e. The first-order chi connectivity index (χ1) is 14.0. The molecule has 2 amide bonds. The number of hydrogen-bond donors (Lipinski definition) is 2. The summed E-state index contributed by atoms with van der Waals surface area (Å²) in [7, 11) is 1.55. The first-order valence-electron chi connectivity index (χ1n) is 9.59.